The van der Waals surface area contributed by atoms with Crippen LogP contribution in [0.5, 0.6) is 5.75 Å². The highest BCUT2D eigenvalue weighted by Crippen LogP contribution is 2.28. The minimum atomic E-state index is -0.612. The van der Waals surface area contributed by atoms with Crippen LogP contribution in [0.15, 0.2) is 29.3 Å². The van der Waals surface area contributed by atoms with E-state index in [4.69, 9.17) is 25.8 Å². The fraction of sp³-hybridized carbons (Fsp3) is 0.353. The molecule has 0 unspecified atom stereocenters. The summed E-state index contributed by atoms with van der Waals surface area (Å²) < 4.78 is 15.2. The molecule has 7 nitrogen and oxygen atoms in total. The Labute approximate surface area is 160 Å². The summed E-state index contributed by atoms with van der Waals surface area (Å²) in [5, 5.41) is 0.855. The van der Waals surface area contributed by atoms with Crippen LogP contribution in [0.1, 0.15) is 17.3 Å². The molecule has 0 N–H and O–H groups in total. The molecule has 1 fully saturated rings. The third-order valence-electron chi connectivity index (χ3n) is 3.37. The van der Waals surface area contributed by atoms with Gasteiger partial charge in [-0.25, -0.2) is 9.59 Å². The minimum Gasteiger partial charge on any atom is -0.496 e. The number of hydrogen-bond donors (Lipinski definition) is 0. The monoisotopic (exact) mass is 399 g/mol. The Balaban J connectivity index is 1.97. The first-order chi connectivity index (χ1) is 12.5. The van der Waals surface area contributed by atoms with Gasteiger partial charge in [0.05, 0.1) is 37.1 Å². The van der Waals surface area contributed by atoms with Gasteiger partial charge in [0.25, 0.3) is 0 Å². The third kappa shape index (κ3) is 5.15. The van der Waals surface area contributed by atoms with E-state index in [1.54, 1.807) is 19.1 Å². The Morgan fingerprint density at radius 3 is 2.81 bits per heavy atom. The van der Waals surface area contributed by atoms with E-state index in [-0.39, 0.29) is 37.0 Å². The molecule has 1 aliphatic heterocycles. The second-order valence-corrected chi connectivity index (χ2v) is 6.48. The zero-order valence-corrected chi connectivity index (χ0v) is 15.9. The van der Waals surface area contributed by atoms with Gasteiger partial charge in [0, 0.05) is 5.02 Å². The van der Waals surface area contributed by atoms with Crippen LogP contribution in [0.25, 0.3) is 0 Å². The second-order valence-electron chi connectivity index (χ2n) is 5.05. The van der Waals surface area contributed by atoms with E-state index in [0.29, 0.717) is 15.8 Å². The molecule has 1 heterocycles. The number of esters is 2. The Hall–Kier alpha value is -2.19. The van der Waals surface area contributed by atoms with Crippen LogP contribution >= 0.6 is 23.4 Å². The van der Waals surface area contributed by atoms with Gasteiger partial charge >= 0.3 is 11.9 Å². The van der Waals surface area contributed by atoms with E-state index < -0.39 is 11.9 Å². The first-order valence-corrected chi connectivity index (χ1v) is 9.15. The standard InChI is InChI=1S/C17H18ClNO6S/c1-3-24-16(21)9-15-19(14(20)10-26-15)6-7-25-17(22)12-8-11(18)4-5-13(12)23-2/h4-5,8-9H,3,6-7,10H2,1-2H3/b15-9-. The normalized spacial score (nSPS) is 15.3. The lowest BCUT2D eigenvalue weighted by Gasteiger charge is -2.17. The van der Waals surface area contributed by atoms with Crippen molar-refractivity contribution in [3.63, 3.8) is 0 Å². The molecule has 26 heavy (non-hydrogen) atoms. The predicted molar refractivity (Wildman–Crippen MR) is 97.2 cm³/mol. The topological polar surface area (TPSA) is 82.1 Å². The van der Waals surface area contributed by atoms with E-state index in [0.717, 1.165) is 0 Å². The molecule has 1 aromatic rings. The van der Waals surface area contributed by atoms with Crippen molar-refractivity contribution in [3.8, 4) is 5.75 Å². The molecule has 140 valence electrons. The van der Waals surface area contributed by atoms with Crippen molar-refractivity contribution in [3.05, 3.63) is 39.9 Å². The summed E-state index contributed by atoms with van der Waals surface area (Å²) in [4.78, 5) is 37.1. The van der Waals surface area contributed by atoms with Gasteiger partial charge in [0.15, 0.2) is 0 Å². The lowest BCUT2D eigenvalue weighted by atomic mass is 10.2. The summed E-state index contributed by atoms with van der Waals surface area (Å²) >= 11 is 7.13. The molecule has 2 rings (SSSR count). The van der Waals surface area contributed by atoms with Crippen molar-refractivity contribution in [1.29, 1.82) is 0 Å². The first-order valence-electron chi connectivity index (χ1n) is 7.78. The lowest BCUT2D eigenvalue weighted by Crippen LogP contribution is -2.29. The minimum absolute atomic E-state index is 0.0407. The summed E-state index contributed by atoms with van der Waals surface area (Å²) in [5.74, 6) is -0.728. The quantitative estimate of drug-likeness (QED) is 0.514. The second kappa shape index (κ2) is 9.49. The molecule has 0 radical (unpaired) electrons. The van der Waals surface area contributed by atoms with Gasteiger partial charge in [-0.2, -0.15) is 0 Å². The number of benzene rings is 1. The maximum Gasteiger partial charge on any atom is 0.342 e. The van der Waals surface area contributed by atoms with Crippen LogP contribution in [-0.2, 0) is 19.1 Å². The number of thioether (sulfide) groups is 1. The number of carbonyl (C=O) groups excluding carboxylic acids is 3. The van der Waals surface area contributed by atoms with E-state index in [2.05, 4.69) is 0 Å². The number of amides is 1. The molecule has 0 saturated carbocycles. The van der Waals surface area contributed by atoms with Crippen LogP contribution in [0.2, 0.25) is 5.02 Å². The summed E-state index contributed by atoms with van der Waals surface area (Å²) in [6, 6.07) is 4.62. The molecule has 9 heteroatoms. The summed E-state index contributed by atoms with van der Waals surface area (Å²) in [5.41, 5.74) is 0.199. The van der Waals surface area contributed by atoms with E-state index in [9.17, 15) is 14.4 Å². The molecule has 0 spiro atoms. The Bertz CT molecular complexity index is 736. The molecule has 1 aliphatic rings. The van der Waals surface area contributed by atoms with Gasteiger partial charge in [-0.05, 0) is 25.1 Å². The molecule has 1 saturated heterocycles. The number of methoxy groups -OCH3 is 1. The fourth-order valence-corrected chi connectivity index (χ4v) is 3.33. The lowest BCUT2D eigenvalue weighted by molar-refractivity contribution is -0.137. The molecule has 0 aromatic heterocycles. The van der Waals surface area contributed by atoms with E-state index in [1.807, 2.05) is 0 Å². The highest BCUT2D eigenvalue weighted by atomic mass is 35.5. The number of ether oxygens (including phenoxy) is 3. The van der Waals surface area contributed by atoms with Crippen molar-refractivity contribution < 1.29 is 28.6 Å². The molecule has 0 bridgehead atoms. The summed E-state index contributed by atoms with van der Waals surface area (Å²) in [6.45, 7) is 2.04. The van der Waals surface area contributed by atoms with Gasteiger partial charge in [-0.15, -0.1) is 0 Å². The van der Waals surface area contributed by atoms with E-state index in [1.165, 1.54) is 35.9 Å². The molecule has 0 atom stereocenters. The summed E-state index contributed by atoms with van der Waals surface area (Å²) in [7, 11) is 1.44. The smallest absolute Gasteiger partial charge is 0.342 e. The van der Waals surface area contributed by atoms with Crippen molar-refractivity contribution in [2.24, 2.45) is 0 Å². The van der Waals surface area contributed by atoms with Crippen molar-refractivity contribution in [2.75, 3.05) is 32.6 Å². The predicted octanol–water partition coefficient (Wildman–Crippen LogP) is 2.49. The van der Waals surface area contributed by atoms with Gasteiger partial charge in [0.1, 0.15) is 17.9 Å². The molecule has 1 amide bonds. The Kier molecular flexibility index (Phi) is 7.35. The molecule has 1 aromatic carbocycles. The van der Waals surface area contributed by atoms with Gasteiger partial charge < -0.3 is 19.1 Å². The Morgan fingerprint density at radius 2 is 2.12 bits per heavy atom. The highest BCUT2D eigenvalue weighted by Gasteiger charge is 2.27. The van der Waals surface area contributed by atoms with Gasteiger partial charge in [-0.3, -0.25) is 4.79 Å². The maximum absolute atomic E-state index is 12.2. The highest BCUT2D eigenvalue weighted by molar-refractivity contribution is 8.04. The maximum atomic E-state index is 12.2. The van der Waals surface area contributed by atoms with Gasteiger partial charge in [0.2, 0.25) is 5.91 Å². The van der Waals surface area contributed by atoms with Crippen molar-refractivity contribution >= 4 is 41.2 Å². The van der Waals surface area contributed by atoms with Crippen LogP contribution < -0.4 is 4.74 Å². The summed E-state index contributed by atoms with van der Waals surface area (Å²) in [6.07, 6.45) is 1.26. The average Bonchev–Trinajstić information content (AvgIpc) is 2.95. The first kappa shape index (κ1) is 20.1. The molecular formula is C17H18ClNO6S. The van der Waals surface area contributed by atoms with Crippen LogP contribution in [0.3, 0.4) is 0 Å². The van der Waals surface area contributed by atoms with Crippen LogP contribution in [0, 0.1) is 0 Å². The zero-order valence-electron chi connectivity index (χ0n) is 14.3. The molecular weight excluding hydrogens is 382 g/mol. The van der Waals surface area contributed by atoms with Crippen molar-refractivity contribution in [2.45, 2.75) is 6.92 Å². The SMILES string of the molecule is CCOC(=O)/C=C1\SCC(=O)N1CCOC(=O)c1cc(Cl)ccc1OC. The fourth-order valence-electron chi connectivity index (χ4n) is 2.20. The molecule has 0 aliphatic carbocycles. The average molecular weight is 400 g/mol. The van der Waals surface area contributed by atoms with Crippen LogP contribution in [0.4, 0.5) is 0 Å². The Morgan fingerprint density at radius 1 is 1.35 bits per heavy atom. The number of hydrogen-bond acceptors (Lipinski definition) is 7. The largest absolute Gasteiger partial charge is 0.496 e. The third-order valence-corrected chi connectivity index (χ3v) is 4.63. The van der Waals surface area contributed by atoms with Crippen LogP contribution in [-0.4, -0.2) is 55.4 Å². The van der Waals surface area contributed by atoms with E-state index >= 15 is 0 Å². The number of rotatable bonds is 7. The zero-order chi connectivity index (χ0) is 19.1. The number of carbonyl (C=O) groups is 3. The van der Waals surface area contributed by atoms with Gasteiger partial charge in [-0.1, -0.05) is 23.4 Å². The number of nitrogens with zero attached hydrogens (tertiary/aromatic N) is 1. The number of halogens is 1. The van der Waals surface area contributed by atoms with Crippen molar-refractivity contribution in [1.82, 2.24) is 4.90 Å².